The third kappa shape index (κ3) is 10.1. The van der Waals surface area contributed by atoms with E-state index in [-0.39, 0.29) is 47.8 Å². The van der Waals surface area contributed by atoms with Crippen LogP contribution in [0.4, 0.5) is 5.69 Å². The summed E-state index contributed by atoms with van der Waals surface area (Å²) >= 11 is 0. The van der Waals surface area contributed by atoms with Crippen LogP contribution in [0, 0.1) is 0 Å². The second-order valence-electron chi connectivity index (χ2n) is 7.35. The average molecular weight is 552 g/mol. The quantitative estimate of drug-likeness (QED) is 0.247. The number of benzene rings is 1. The summed E-state index contributed by atoms with van der Waals surface area (Å²) in [6.45, 7) is 5.66. The average Bonchev–Trinajstić information content (AvgIpc) is 3.19. The second-order valence-corrected chi connectivity index (χ2v) is 9.61. The van der Waals surface area contributed by atoms with Gasteiger partial charge < -0.3 is 20.7 Å². The molecule has 1 aromatic carbocycles. The van der Waals surface area contributed by atoms with Crippen LogP contribution < -0.4 is 16.0 Å². The van der Waals surface area contributed by atoms with Gasteiger partial charge in [0.25, 0.3) is 5.91 Å². The van der Waals surface area contributed by atoms with Gasteiger partial charge in [-0.15, -0.1) is 24.0 Å². The van der Waals surface area contributed by atoms with Gasteiger partial charge in [-0.2, -0.15) is 0 Å². The molecular weight excluding hydrogens is 519 g/mol. The Labute approximate surface area is 196 Å². The Balaban J connectivity index is 0.00000450. The predicted molar refractivity (Wildman–Crippen MR) is 131 cm³/mol. The molecule has 1 saturated heterocycles. The van der Waals surface area contributed by atoms with Crippen molar-refractivity contribution in [3.8, 4) is 0 Å². The zero-order valence-electron chi connectivity index (χ0n) is 17.8. The highest BCUT2D eigenvalue weighted by atomic mass is 127. The van der Waals surface area contributed by atoms with Crippen molar-refractivity contribution in [1.29, 1.82) is 0 Å². The Morgan fingerprint density at radius 3 is 2.77 bits per heavy atom. The lowest BCUT2D eigenvalue weighted by Gasteiger charge is -2.17. The number of hydrogen-bond acceptors (Lipinski definition) is 5. The highest BCUT2D eigenvalue weighted by molar-refractivity contribution is 14.0. The zero-order valence-corrected chi connectivity index (χ0v) is 21.0. The van der Waals surface area contributed by atoms with E-state index in [4.69, 9.17) is 4.74 Å². The van der Waals surface area contributed by atoms with Gasteiger partial charge in [0.05, 0.1) is 12.3 Å². The molecule has 1 amide bonds. The molecule has 8 nitrogen and oxygen atoms in total. The molecule has 0 aromatic heterocycles. The summed E-state index contributed by atoms with van der Waals surface area (Å²) in [5, 5.41) is 9.30. The molecule has 2 atom stereocenters. The maximum absolute atomic E-state index is 12.2. The fourth-order valence-electron chi connectivity index (χ4n) is 2.94. The first kappa shape index (κ1) is 26.6. The number of aliphatic imine (C=N–C) groups is 1. The number of carbonyl (C=O) groups excluding carboxylic acids is 1. The number of ether oxygens (including phenoxy) is 1. The number of nitrogens with zero attached hydrogens (tertiary/aromatic N) is 1. The Hall–Kier alpha value is -1.40. The van der Waals surface area contributed by atoms with Crippen LogP contribution in [0.25, 0.3) is 0 Å². The van der Waals surface area contributed by atoms with Crippen molar-refractivity contribution in [3.05, 3.63) is 29.8 Å². The van der Waals surface area contributed by atoms with Crippen LogP contribution in [-0.2, 0) is 25.9 Å². The van der Waals surface area contributed by atoms with E-state index in [2.05, 4.69) is 20.9 Å². The van der Waals surface area contributed by atoms with Crippen molar-refractivity contribution in [2.45, 2.75) is 51.8 Å². The lowest BCUT2D eigenvalue weighted by atomic mass is 10.2. The fraction of sp³-hybridized carbons (Fsp3) is 0.600. The molecule has 1 aliphatic rings. The number of amides is 1. The maximum atomic E-state index is 12.2. The second kappa shape index (κ2) is 13.1. The number of guanidine groups is 1. The summed E-state index contributed by atoms with van der Waals surface area (Å²) in [6.07, 6.45) is 3.05. The molecule has 1 fully saturated rings. The molecule has 2 unspecified atom stereocenters. The van der Waals surface area contributed by atoms with E-state index < -0.39 is 9.84 Å². The molecule has 10 heteroatoms. The zero-order chi connectivity index (χ0) is 21.3. The minimum absolute atomic E-state index is 0. The first-order valence-corrected chi connectivity index (χ1v) is 12.1. The Kier molecular flexibility index (Phi) is 11.6. The highest BCUT2D eigenvalue weighted by Crippen LogP contribution is 2.16. The number of hydrogen-bond donors (Lipinski definition) is 3. The molecule has 170 valence electrons. The molecule has 0 aliphatic carbocycles. The molecule has 1 heterocycles. The van der Waals surface area contributed by atoms with Gasteiger partial charge >= 0.3 is 0 Å². The molecule has 1 aliphatic heterocycles. The van der Waals surface area contributed by atoms with Crippen LogP contribution in [0.2, 0.25) is 0 Å². The summed E-state index contributed by atoms with van der Waals surface area (Å²) < 4.78 is 28.1. The topological polar surface area (TPSA) is 109 Å². The van der Waals surface area contributed by atoms with Crippen molar-refractivity contribution in [2.75, 3.05) is 30.5 Å². The summed E-state index contributed by atoms with van der Waals surface area (Å²) in [5.41, 5.74) is 1.67. The minimum atomic E-state index is -2.99. The van der Waals surface area contributed by atoms with E-state index >= 15 is 0 Å². The minimum Gasteiger partial charge on any atom is -0.368 e. The van der Waals surface area contributed by atoms with Crippen molar-refractivity contribution in [1.82, 2.24) is 10.6 Å². The van der Waals surface area contributed by atoms with Crippen molar-refractivity contribution in [3.63, 3.8) is 0 Å². The summed E-state index contributed by atoms with van der Waals surface area (Å²) in [7, 11) is -2.99. The summed E-state index contributed by atoms with van der Waals surface area (Å²) in [6, 6.07) is 7.54. The molecular formula is C20H33IN4O4S. The number of rotatable bonds is 9. The van der Waals surface area contributed by atoms with Crippen LogP contribution in [0.3, 0.4) is 0 Å². The van der Waals surface area contributed by atoms with Crippen molar-refractivity contribution < 1.29 is 17.9 Å². The normalized spacial score (nSPS) is 17.7. The SMILES string of the molecule is CCNC(=NCc1cccc(NC(=O)C2CCCO2)c1)NC(C)CCS(C)(=O)=O.I. The van der Waals surface area contributed by atoms with E-state index in [1.807, 2.05) is 38.1 Å². The molecule has 0 saturated carbocycles. The highest BCUT2D eigenvalue weighted by Gasteiger charge is 2.23. The molecule has 0 spiro atoms. The number of carbonyl (C=O) groups is 1. The van der Waals surface area contributed by atoms with E-state index in [1.54, 1.807) is 0 Å². The van der Waals surface area contributed by atoms with Crippen LogP contribution >= 0.6 is 24.0 Å². The Bertz CT molecular complexity index is 811. The molecule has 2 rings (SSSR count). The maximum Gasteiger partial charge on any atom is 0.253 e. The van der Waals surface area contributed by atoms with Crippen LogP contribution in [0.15, 0.2) is 29.3 Å². The van der Waals surface area contributed by atoms with Gasteiger partial charge in [-0.1, -0.05) is 12.1 Å². The lowest BCUT2D eigenvalue weighted by molar-refractivity contribution is -0.124. The molecule has 0 bridgehead atoms. The van der Waals surface area contributed by atoms with E-state index in [1.165, 1.54) is 6.26 Å². The van der Waals surface area contributed by atoms with Crippen LogP contribution in [0.5, 0.6) is 0 Å². The van der Waals surface area contributed by atoms with Crippen LogP contribution in [-0.4, -0.2) is 57.6 Å². The summed E-state index contributed by atoms with van der Waals surface area (Å²) in [5.74, 6) is 0.646. The number of sulfone groups is 1. The van der Waals surface area contributed by atoms with Gasteiger partial charge in [-0.25, -0.2) is 13.4 Å². The number of anilines is 1. The lowest BCUT2D eigenvalue weighted by Crippen LogP contribution is -2.42. The fourth-order valence-corrected chi connectivity index (χ4v) is 3.72. The van der Waals surface area contributed by atoms with Crippen molar-refractivity contribution in [2.24, 2.45) is 4.99 Å². The van der Waals surface area contributed by atoms with E-state index in [9.17, 15) is 13.2 Å². The van der Waals surface area contributed by atoms with Gasteiger partial charge in [-0.05, 0) is 50.8 Å². The first-order chi connectivity index (χ1) is 13.8. The van der Waals surface area contributed by atoms with Gasteiger partial charge in [0.15, 0.2) is 5.96 Å². The molecule has 0 radical (unpaired) electrons. The van der Waals surface area contributed by atoms with Crippen molar-refractivity contribution >= 4 is 51.4 Å². The Morgan fingerprint density at radius 1 is 1.37 bits per heavy atom. The Morgan fingerprint density at radius 2 is 2.13 bits per heavy atom. The molecule has 30 heavy (non-hydrogen) atoms. The standard InChI is InChI=1S/C20H32N4O4S.HI/c1-4-21-20(23-15(2)10-12-29(3,26)27)22-14-16-7-5-8-17(13-16)24-19(25)18-9-6-11-28-18;/h5,7-8,13,15,18H,4,6,9-12,14H2,1-3H3,(H,24,25)(H2,21,22,23);1H. The van der Waals surface area contributed by atoms with Crippen LogP contribution in [0.1, 0.15) is 38.7 Å². The molecule has 3 N–H and O–H groups in total. The van der Waals surface area contributed by atoms with Gasteiger partial charge in [0, 0.05) is 31.1 Å². The largest absolute Gasteiger partial charge is 0.368 e. The smallest absolute Gasteiger partial charge is 0.253 e. The van der Waals surface area contributed by atoms with Gasteiger partial charge in [0.1, 0.15) is 15.9 Å². The predicted octanol–water partition coefficient (Wildman–Crippen LogP) is 2.30. The monoisotopic (exact) mass is 552 g/mol. The first-order valence-electron chi connectivity index (χ1n) is 10.0. The van der Waals surface area contributed by atoms with Gasteiger partial charge in [0.2, 0.25) is 0 Å². The third-order valence-corrected chi connectivity index (χ3v) is 5.46. The third-order valence-electron chi connectivity index (χ3n) is 4.49. The van der Waals surface area contributed by atoms with E-state index in [0.29, 0.717) is 32.1 Å². The number of nitrogens with one attached hydrogen (secondary N) is 3. The summed E-state index contributed by atoms with van der Waals surface area (Å²) in [4.78, 5) is 16.8. The van der Waals surface area contributed by atoms with E-state index in [0.717, 1.165) is 24.1 Å². The van der Waals surface area contributed by atoms with Gasteiger partial charge in [-0.3, -0.25) is 4.79 Å². The number of halogens is 1. The molecule has 1 aromatic rings.